The van der Waals surface area contributed by atoms with Crippen molar-refractivity contribution in [2.24, 2.45) is 5.10 Å². The number of aryl methyl sites for hydroxylation is 1. The standard InChI is InChI=1S/C25H22ClN5OS/c1-17-8-10-20(11-9-17)24-29-30-25(31(24)22-6-4-3-5-7-22)33-16-23(32)28-27-18(2)19-12-14-21(26)15-13-19/h3-15H,16H2,1-2H3,(H,28,32)/b27-18-. The van der Waals surface area contributed by atoms with Gasteiger partial charge in [0, 0.05) is 16.3 Å². The summed E-state index contributed by atoms with van der Waals surface area (Å²) in [4.78, 5) is 12.5. The third-order valence-electron chi connectivity index (χ3n) is 4.90. The molecule has 1 aromatic heterocycles. The number of amides is 1. The summed E-state index contributed by atoms with van der Waals surface area (Å²) in [5.74, 6) is 0.643. The predicted octanol–water partition coefficient (Wildman–Crippen LogP) is 5.53. The van der Waals surface area contributed by atoms with Crippen molar-refractivity contribution >= 4 is 35.0 Å². The molecule has 0 unspecified atom stereocenters. The number of hydrogen-bond donors (Lipinski definition) is 1. The minimum atomic E-state index is -0.229. The van der Waals surface area contributed by atoms with E-state index < -0.39 is 0 Å². The Morgan fingerprint density at radius 3 is 2.39 bits per heavy atom. The van der Waals surface area contributed by atoms with E-state index in [1.54, 1.807) is 12.1 Å². The number of halogens is 1. The van der Waals surface area contributed by atoms with Crippen LogP contribution in [-0.2, 0) is 4.79 Å². The van der Waals surface area contributed by atoms with Gasteiger partial charge in [0.2, 0.25) is 0 Å². The highest BCUT2D eigenvalue weighted by atomic mass is 35.5. The predicted molar refractivity (Wildman–Crippen MR) is 134 cm³/mol. The van der Waals surface area contributed by atoms with Crippen LogP contribution >= 0.6 is 23.4 Å². The van der Waals surface area contributed by atoms with Crippen LogP contribution in [0, 0.1) is 6.92 Å². The van der Waals surface area contributed by atoms with Gasteiger partial charge in [-0.15, -0.1) is 10.2 Å². The molecule has 33 heavy (non-hydrogen) atoms. The van der Waals surface area contributed by atoms with E-state index in [1.165, 1.54) is 17.3 Å². The van der Waals surface area contributed by atoms with E-state index in [9.17, 15) is 4.79 Å². The first kappa shape index (κ1) is 22.8. The molecule has 0 saturated carbocycles. The fourth-order valence-corrected chi connectivity index (χ4v) is 4.00. The minimum absolute atomic E-state index is 0.149. The van der Waals surface area contributed by atoms with Crippen LogP contribution in [0.5, 0.6) is 0 Å². The average molecular weight is 476 g/mol. The Morgan fingerprint density at radius 1 is 1.00 bits per heavy atom. The van der Waals surface area contributed by atoms with E-state index in [0.717, 1.165) is 22.6 Å². The Bertz CT molecular complexity index is 1270. The number of nitrogens with one attached hydrogen (secondary N) is 1. The van der Waals surface area contributed by atoms with Crippen LogP contribution < -0.4 is 5.43 Å². The van der Waals surface area contributed by atoms with Crippen molar-refractivity contribution in [3.8, 4) is 17.1 Å². The average Bonchev–Trinajstić information content (AvgIpc) is 3.26. The maximum atomic E-state index is 12.5. The van der Waals surface area contributed by atoms with E-state index in [4.69, 9.17) is 11.6 Å². The van der Waals surface area contributed by atoms with Gasteiger partial charge in [-0.25, -0.2) is 5.43 Å². The van der Waals surface area contributed by atoms with Crippen molar-refractivity contribution in [2.45, 2.75) is 19.0 Å². The second kappa shape index (κ2) is 10.5. The van der Waals surface area contributed by atoms with Gasteiger partial charge in [-0.05, 0) is 43.7 Å². The second-order valence-corrected chi connectivity index (χ2v) is 8.75. The van der Waals surface area contributed by atoms with Crippen LogP contribution in [0.4, 0.5) is 0 Å². The summed E-state index contributed by atoms with van der Waals surface area (Å²) in [6.45, 7) is 3.87. The van der Waals surface area contributed by atoms with Gasteiger partial charge < -0.3 is 0 Å². The lowest BCUT2D eigenvalue weighted by atomic mass is 10.1. The van der Waals surface area contributed by atoms with Crippen LogP contribution in [0.25, 0.3) is 17.1 Å². The van der Waals surface area contributed by atoms with Crippen LogP contribution in [0.3, 0.4) is 0 Å². The van der Waals surface area contributed by atoms with Crippen LogP contribution in [0.2, 0.25) is 5.02 Å². The van der Waals surface area contributed by atoms with Crippen molar-refractivity contribution < 1.29 is 4.79 Å². The molecule has 1 heterocycles. The first-order valence-electron chi connectivity index (χ1n) is 10.3. The normalized spacial score (nSPS) is 11.4. The summed E-state index contributed by atoms with van der Waals surface area (Å²) in [6.07, 6.45) is 0. The Labute approximate surface area is 201 Å². The molecule has 0 aliphatic carbocycles. The van der Waals surface area contributed by atoms with Crippen molar-refractivity contribution in [3.63, 3.8) is 0 Å². The Morgan fingerprint density at radius 2 is 1.70 bits per heavy atom. The molecular formula is C25H22ClN5OS. The van der Waals surface area contributed by atoms with Gasteiger partial charge in [0.05, 0.1) is 11.5 Å². The van der Waals surface area contributed by atoms with Crippen LogP contribution in [0.1, 0.15) is 18.1 Å². The minimum Gasteiger partial charge on any atom is -0.272 e. The molecule has 0 saturated heterocycles. The number of benzene rings is 3. The molecule has 6 nitrogen and oxygen atoms in total. The molecule has 166 valence electrons. The molecule has 0 radical (unpaired) electrons. The third kappa shape index (κ3) is 5.69. The molecule has 0 bridgehead atoms. The summed E-state index contributed by atoms with van der Waals surface area (Å²) < 4.78 is 1.96. The highest BCUT2D eigenvalue weighted by Gasteiger charge is 2.17. The summed E-state index contributed by atoms with van der Waals surface area (Å²) in [7, 11) is 0. The number of thioether (sulfide) groups is 1. The molecule has 4 aromatic rings. The molecule has 1 N–H and O–H groups in total. The topological polar surface area (TPSA) is 72.2 Å². The summed E-state index contributed by atoms with van der Waals surface area (Å²) in [5.41, 5.74) is 7.24. The highest BCUT2D eigenvalue weighted by molar-refractivity contribution is 7.99. The van der Waals surface area contributed by atoms with Crippen molar-refractivity contribution in [2.75, 3.05) is 5.75 Å². The number of rotatable bonds is 7. The molecular weight excluding hydrogens is 454 g/mol. The zero-order valence-corrected chi connectivity index (χ0v) is 19.8. The summed E-state index contributed by atoms with van der Waals surface area (Å²) in [6, 6.07) is 25.3. The Balaban J connectivity index is 1.51. The van der Waals surface area contributed by atoms with Gasteiger partial charge >= 0.3 is 0 Å². The number of carbonyl (C=O) groups excluding carboxylic acids is 1. The molecule has 4 rings (SSSR count). The van der Waals surface area contributed by atoms with Gasteiger partial charge in [-0.1, -0.05) is 83.5 Å². The maximum Gasteiger partial charge on any atom is 0.250 e. The van der Waals surface area contributed by atoms with Crippen LogP contribution in [-0.4, -0.2) is 32.1 Å². The molecule has 0 aliphatic heterocycles. The number of para-hydroxylation sites is 1. The van der Waals surface area contributed by atoms with Crippen molar-refractivity contribution in [1.29, 1.82) is 0 Å². The van der Waals surface area contributed by atoms with E-state index in [2.05, 4.69) is 20.7 Å². The highest BCUT2D eigenvalue weighted by Crippen LogP contribution is 2.28. The molecule has 0 atom stereocenters. The molecule has 0 spiro atoms. The SMILES string of the molecule is C/C(=N/NC(=O)CSc1nnc(-c2ccc(C)cc2)n1-c1ccccc1)c1ccc(Cl)cc1. The van der Waals surface area contributed by atoms with Gasteiger partial charge in [-0.2, -0.15) is 5.10 Å². The van der Waals surface area contributed by atoms with Crippen molar-refractivity contribution in [3.05, 3.63) is 95.0 Å². The molecule has 0 fully saturated rings. The van der Waals surface area contributed by atoms with E-state index in [-0.39, 0.29) is 11.7 Å². The first-order chi connectivity index (χ1) is 16.0. The molecule has 3 aromatic carbocycles. The number of hydrazone groups is 1. The van der Waals surface area contributed by atoms with Gasteiger partial charge in [-0.3, -0.25) is 9.36 Å². The lowest BCUT2D eigenvalue weighted by Gasteiger charge is -2.10. The number of aromatic nitrogens is 3. The summed E-state index contributed by atoms with van der Waals surface area (Å²) in [5, 5.41) is 14.3. The Kier molecular flexibility index (Phi) is 7.22. The zero-order valence-electron chi connectivity index (χ0n) is 18.2. The lowest BCUT2D eigenvalue weighted by molar-refractivity contribution is -0.118. The van der Waals surface area contributed by atoms with E-state index >= 15 is 0 Å². The lowest BCUT2D eigenvalue weighted by Crippen LogP contribution is -2.21. The molecule has 8 heteroatoms. The fourth-order valence-electron chi connectivity index (χ4n) is 3.13. The van der Waals surface area contributed by atoms with Gasteiger partial charge in [0.15, 0.2) is 11.0 Å². The number of carbonyl (C=O) groups is 1. The largest absolute Gasteiger partial charge is 0.272 e. The van der Waals surface area contributed by atoms with Gasteiger partial charge in [0.1, 0.15) is 0 Å². The smallest absolute Gasteiger partial charge is 0.250 e. The number of hydrogen-bond acceptors (Lipinski definition) is 5. The van der Waals surface area contributed by atoms with Crippen LogP contribution in [0.15, 0.2) is 89.1 Å². The maximum absolute atomic E-state index is 12.5. The number of nitrogens with zero attached hydrogens (tertiary/aromatic N) is 4. The monoisotopic (exact) mass is 475 g/mol. The van der Waals surface area contributed by atoms with E-state index in [1.807, 2.05) is 85.1 Å². The summed E-state index contributed by atoms with van der Waals surface area (Å²) >= 11 is 7.23. The zero-order chi connectivity index (χ0) is 23.2. The quantitative estimate of drug-likeness (QED) is 0.217. The second-order valence-electron chi connectivity index (χ2n) is 7.37. The Hall–Kier alpha value is -3.42. The van der Waals surface area contributed by atoms with Crippen molar-refractivity contribution in [1.82, 2.24) is 20.2 Å². The molecule has 0 aliphatic rings. The van der Waals surface area contributed by atoms with Gasteiger partial charge in [0.25, 0.3) is 5.91 Å². The first-order valence-corrected chi connectivity index (χ1v) is 11.7. The molecule has 1 amide bonds. The fraction of sp³-hybridized carbons (Fsp3) is 0.120. The third-order valence-corrected chi connectivity index (χ3v) is 6.08. The van der Waals surface area contributed by atoms with E-state index in [0.29, 0.717) is 15.9 Å².